The van der Waals surface area contributed by atoms with E-state index in [1.807, 2.05) is 59.8 Å². The molecule has 0 aromatic heterocycles. The maximum atomic E-state index is 12.6. The zero-order chi connectivity index (χ0) is 20.4. The molecule has 142 valence electrons. The smallest absolute Gasteiger partial charge is 0.334 e. The van der Waals surface area contributed by atoms with Crippen molar-refractivity contribution in [2.45, 2.75) is 60.0 Å². The van der Waals surface area contributed by atoms with Gasteiger partial charge in [-0.05, 0) is 57.4 Å². The topological polar surface area (TPSA) is 67.2 Å². The van der Waals surface area contributed by atoms with E-state index in [4.69, 9.17) is 4.74 Å². The Hall–Kier alpha value is -2.67. The number of nitrogens with zero attached hydrogens (tertiary/aromatic N) is 1. The fourth-order valence-electron chi connectivity index (χ4n) is 2.99. The van der Waals surface area contributed by atoms with Gasteiger partial charge in [-0.3, -0.25) is 4.79 Å². The molecule has 1 aromatic carbocycles. The van der Waals surface area contributed by atoms with E-state index in [1.165, 1.54) is 0 Å². The van der Waals surface area contributed by atoms with Crippen molar-refractivity contribution in [3.05, 3.63) is 52.6 Å². The zero-order valence-corrected chi connectivity index (χ0v) is 17.0. The Labute approximate surface area is 161 Å². The fourth-order valence-corrected chi connectivity index (χ4v) is 2.99. The van der Waals surface area contributed by atoms with E-state index in [0.29, 0.717) is 24.0 Å². The van der Waals surface area contributed by atoms with Crippen molar-refractivity contribution in [2.24, 2.45) is 5.41 Å². The molecule has 0 N–H and O–H groups in total. The van der Waals surface area contributed by atoms with Crippen LogP contribution in [-0.4, -0.2) is 17.4 Å². The third-order valence-electron chi connectivity index (χ3n) is 4.49. The van der Waals surface area contributed by atoms with Gasteiger partial charge in [0.1, 0.15) is 5.60 Å². The van der Waals surface area contributed by atoms with Crippen LogP contribution in [0.1, 0.15) is 69.4 Å². The highest BCUT2D eigenvalue weighted by Gasteiger charge is 2.29. The summed E-state index contributed by atoms with van der Waals surface area (Å²) in [5, 5.41) is 9.65. The Bertz CT molecular complexity index is 874. The number of ketones is 1. The van der Waals surface area contributed by atoms with E-state index in [1.54, 1.807) is 12.1 Å². The molecule has 0 saturated heterocycles. The van der Waals surface area contributed by atoms with Crippen molar-refractivity contribution in [3.8, 4) is 6.07 Å². The molecule has 0 atom stereocenters. The van der Waals surface area contributed by atoms with Crippen LogP contribution in [0, 0.1) is 16.7 Å². The van der Waals surface area contributed by atoms with Gasteiger partial charge in [0.2, 0.25) is 0 Å². The first-order chi connectivity index (χ1) is 12.5. The largest absolute Gasteiger partial charge is 0.457 e. The molecule has 0 bridgehead atoms. The fraction of sp³-hybridized carbons (Fsp3) is 0.435. The van der Waals surface area contributed by atoms with E-state index in [0.717, 1.165) is 16.7 Å². The average molecular weight is 365 g/mol. The quantitative estimate of drug-likeness (QED) is 0.554. The maximum Gasteiger partial charge on any atom is 0.334 e. The Morgan fingerprint density at radius 2 is 1.81 bits per heavy atom. The second kappa shape index (κ2) is 7.52. The van der Waals surface area contributed by atoms with Gasteiger partial charge in [0.05, 0.1) is 11.5 Å². The summed E-state index contributed by atoms with van der Waals surface area (Å²) >= 11 is 0. The van der Waals surface area contributed by atoms with Gasteiger partial charge in [0, 0.05) is 24.0 Å². The molecule has 2 rings (SSSR count). The van der Waals surface area contributed by atoms with Crippen molar-refractivity contribution < 1.29 is 14.3 Å². The molecule has 0 radical (unpaired) electrons. The molecule has 1 aliphatic carbocycles. The van der Waals surface area contributed by atoms with Crippen molar-refractivity contribution in [1.29, 1.82) is 5.26 Å². The molecule has 4 heteroatoms. The van der Waals surface area contributed by atoms with Gasteiger partial charge in [-0.15, -0.1) is 0 Å². The number of allylic oxidation sites excluding steroid dienone is 3. The number of carbonyl (C=O) groups excluding carboxylic acids is 2. The Morgan fingerprint density at radius 1 is 1.15 bits per heavy atom. The molecule has 1 aromatic rings. The lowest BCUT2D eigenvalue weighted by atomic mass is 9.79. The van der Waals surface area contributed by atoms with E-state index in [-0.39, 0.29) is 11.8 Å². The molecule has 0 aliphatic heterocycles. The minimum Gasteiger partial charge on any atom is -0.457 e. The number of esters is 1. The van der Waals surface area contributed by atoms with Crippen LogP contribution in [0.3, 0.4) is 0 Å². The van der Waals surface area contributed by atoms with Crippen LogP contribution in [0.25, 0.3) is 5.57 Å². The Kier molecular flexibility index (Phi) is 5.75. The predicted octanol–water partition coefficient (Wildman–Crippen LogP) is 5.04. The highest BCUT2D eigenvalue weighted by atomic mass is 16.6. The molecule has 0 amide bonds. The van der Waals surface area contributed by atoms with E-state index in [9.17, 15) is 14.9 Å². The number of ether oxygens (including phenoxy) is 1. The summed E-state index contributed by atoms with van der Waals surface area (Å²) in [6.45, 7) is 11.0. The van der Waals surface area contributed by atoms with Crippen molar-refractivity contribution in [1.82, 2.24) is 0 Å². The lowest BCUT2D eigenvalue weighted by molar-refractivity contribution is -0.149. The molecule has 27 heavy (non-hydrogen) atoms. The summed E-state index contributed by atoms with van der Waals surface area (Å²) in [6.07, 6.45) is 4.37. The van der Waals surface area contributed by atoms with Gasteiger partial charge in [0.15, 0.2) is 5.78 Å². The molecule has 0 heterocycles. The van der Waals surface area contributed by atoms with Crippen LogP contribution in [0.15, 0.2) is 35.9 Å². The summed E-state index contributed by atoms with van der Waals surface area (Å²) in [6, 6.07) is 7.84. The van der Waals surface area contributed by atoms with Crippen LogP contribution in [0.5, 0.6) is 0 Å². The van der Waals surface area contributed by atoms with E-state index in [2.05, 4.69) is 6.07 Å². The summed E-state index contributed by atoms with van der Waals surface area (Å²) in [4.78, 5) is 24.8. The van der Waals surface area contributed by atoms with Crippen LogP contribution in [0.4, 0.5) is 0 Å². The third-order valence-corrected chi connectivity index (χ3v) is 4.49. The molecule has 1 aliphatic rings. The monoisotopic (exact) mass is 365 g/mol. The minimum absolute atomic E-state index is 0.0523. The maximum absolute atomic E-state index is 12.6. The number of hydrogen-bond donors (Lipinski definition) is 0. The minimum atomic E-state index is -0.761. The van der Waals surface area contributed by atoms with Crippen LogP contribution in [0.2, 0.25) is 0 Å². The van der Waals surface area contributed by atoms with Crippen molar-refractivity contribution in [2.75, 3.05) is 0 Å². The first kappa shape index (κ1) is 20.6. The normalized spacial score (nSPS) is 14.3. The molecule has 4 nitrogen and oxygen atoms in total. The second-order valence-electron chi connectivity index (χ2n) is 8.34. The molecule has 0 unspecified atom stereocenters. The van der Waals surface area contributed by atoms with Gasteiger partial charge in [-0.25, -0.2) is 4.79 Å². The van der Waals surface area contributed by atoms with E-state index >= 15 is 0 Å². The number of rotatable bonds is 4. The van der Waals surface area contributed by atoms with Gasteiger partial charge in [-0.2, -0.15) is 5.26 Å². The number of hydrogen-bond acceptors (Lipinski definition) is 4. The molecule has 0 spiro atoms. The lowest BCUT2D eigenvalue weighted by Gasteiger charge is -2.22. The highest BCUT2D eigenvalue weighted by Crippen LogP contribution is 2.39. The SMILES string of the molecule is CCC(=O)c1ccc2c(c1)C(C(C)(C)C#N)=CC=C(C(=O)OC(C)(C)C)C2. The number of nitriles is 1. The number of Topliss-reactive ketones (excluding diaryl/α,β-unsaturated/α-hetero) is 1. The van der Waals surface area contributed by atoms with Gasteiger partial charge >= 0.3 is 5.97 Å². The summed E-state index contributed by atoms with van der Waals surface area (Å²) in [5.74, 6) is -0.314. The first-order valence-corrected chi connectivity index (χ1v) is 9.21. The van der Waals surface area contributed by atoms with Gasteiger partial charge in [0.25, 0.3) is 0 Å². The second-order valence-corrected chi connectivity index (χ2v) is 8.34. The van der Waals surface area contributed by atoms with Crippen LogP contribution < -0.4 is 0 Å². The predicted molar refractivity (Wildman–Crippen MR) is 106 cm³/mol. The van der Waals surface area contributed by atoms with Crippen molar-refractivity contribution in [3.63, 3.8) is 0 Å². The number of fused-ring (bicyclic) bond motifs is 1. The highest BCUT2D eigenvalue weighted by molar-refractivity contribution is 5.98. The lowest BCUT2D eigenvalue weighted by Crippen LogP contribution is -2.25. The molecular weight excluding hydrogens is 338 g/mol. The Morgan fingerprint density at radius 3 is 2.37 bits per heavy atom. The standard InChI is InChI=1S/C23H27NO3/c1-7-20(25)16-9-8-15-12-17(21(26)27-22(2,3)4)10-11-19(18(15)13-16)23(5,6)14-24/h8-11,13H,7,12H2,1-6H3. The number of carbonyl (C=O) groups is 2. The van der Waals surface area contributed by atoms with Crippen LogP contribution in [-0.2, 0) is 16.0 Å². The summed E-state index contributed by atoms with van der Waals surface area (Å²) in [7, 11) is 0. The van der Waals surface area contributed by atoms with Crippen molar-refractivity contribution >= 4 is 17.3 Å². The van der Waals surface area contributed by atoms with Crippen LogP contribution >= 0.6 is 0 Å². The van der Waals surface area contributed by atoms with Gasteiger partial charge in [-0.1, -0.05) is 31.2 Å². The molecule has 0 fully saturated rings. The zero-order valence-electron chi connectivity index (χ0n) is 17.0. The average Bonchev–Trinajstić information content (AvgIpc) is 2.79. The van der Waals surface area contributed by atoms with E-state index < -0.39 is 11.0 Å². The number of benzene rings is 1. The molecular formula is C23H27NO3. The summed E-state index contributed by atoms with van der Waals surface area (Å²) in [5.41, 5.74) is 2.36. The van der Waals surface area contributed by atoms with Gasteiger partial charge < -0.3 is 4.74 Å². The molecule has 0 saturated carbocycles. The summed E-state index contributed by atoms with van der Waals surface area (Å²) < 4.78 is 5.52. The third kappa shape index (κ3) is 4.74. The Balaban J connectivity index is 2.59. The first-order valence-electron chi connectivity index (χ1n) is 9.21.